The van der Waals surface area contributed by atoms with E-state index in [0.717, 1.165) is 11.4 Å². The zero-order valence-electron chi connectivity index (χ0n) is 9.40. The smallest absolute Gasteiger partial charge is 0.235 e. The van der Waals surface area contributed by atoms with Crippen molar-refractivity contribution in [2.75, 3.05) is 30.2 Å². The Hall–Kier alpha value is -0.960. The molecule has 0 N–H and O–H groups in total. The zero-order valence-corrected chi connectivity index (χ0v) is 10.3. The Labute approximate surface area is 93.6 Å². The van der Waals surface area contributed by atoms with Crippen molar-refractivity contribution in [2.45, 2.75) is 5.92 Å². The van der Waals surface area contributed by atoms with E-state index in [1.807, 2.05) is 25.2 Å². The maximum atomic E-state index is 12.0. The number of hydrogen-bond donors (Lipinski definition) is 1. The summed E-state index contributed by atoms with van der Waals surface area (Å²) < 4.78 is 0. The van der Waals surface area contributed by atoms with Crippen LogP contribution in [0.5, 0.6) is 0 Å². The molecule has 2 nitrogen and oxygen atoms in total. The average Bonchev–Trinajstić information content (AvgIpc) is 2.44. The number of anilines is 1. The van der Waals surface area contributed by atoms with Crippen LogP contribution in [0.1, 0.15) is 11.5 Å². The summed E-state index contributed by atoms with van der Waals surface area (Å²) in [6.45, 7) is 0. The molecule has 0 bridgehead atoms. The van der Waals surface area contributed by atoms with E-state index in [1.54, 1.807) is 4.90 Å². The number of fused-ring (bicyclic) bond motifs is 1. The molecule has 0 aromatic heterocycles. The molecule has 0 saturated carbocycles. The summed E-state index contributed by atoms with van der Waals surface area (Å²) in [6.07, 6.45) is 4.45. The molecule has 82 valence electrons. The van der Waals surface area contributed by atoms with Gasteiger partial charge >= 0.3 is 0 Å². The first-order chi connectivity index (χ1) is 7.11. The van der Waals surface area contributed by atoms with Gasteiger partial charge in [0.15, 0.2) is 0 Å². The third-order valence-corrected chi connectivity index (χ3v) is 3.95. The lowest BCUT2D eigenvalue weighted by Crippen LogP contribution is -2.25. The number of amides is 1. The van der Waals surface area contributed by atoms with Crippen molar-refractivity contribution in [3.8, 4) is 0 Å². The van der Waals surface area contributed by atoms with E-state index in [1.165, 1.54) is 5.56 Å². The molecule has 15 heavy (non-hydrogen) atoms. The summed E-state index contributed by atoms with van der Waals surface area (Å²) in [7, 11) is 1.84. The predicted molar refractivity (Wildman–Crippen MR) is 68.3 cm³/mol. The molecule has 1 aromatic carbocycles. The Morgan fingerprint density at radius 3 is 2.67 bits per heavy atom. The first-order valence-corrected chi connectivity index (χ1v) is 7.54. The standard InChI is InChI=1S/C12H17NOS/c1-13-11-7-5-4-6-9(11)10(12(13)14)8-15(2)3/h4-7,10,15H,8H2,1-3H3. The minimum atomic E-state index is -0.0291. The van der Waals surface area contributed by atoms with Crippen LogP contribution in [0.25, 0.3) is 0 Å². The fraction of sp³-hybridized carbons (Fsp3) is 0.417. The van der Waals surface area contributed by atoms with Crippen LogP contribution in [0, 0.1) is 0 Å². The van der Waals surface area contributed by atoms with Crippen LogP contribution in [0.4, 0.5) is 5.69 Å². The van der Waals surface area contributed by atoms with Crippen LogP contribution in [-0.2, 0) is 4.79 Å². The number of carbonyl (C=O) groups is 1. The van der Waals surface area contributed by atoms with Crippen LogP contribution >= 0.6 is 10.9 Å². The van der Waals surface area contributed by atoms with Gasteiger partial charge in [0.05, 0.1) is 5.92 Å². The van der Waals surface area contributed by atoms with Crippen LogP contribution in [0.2, 0.25) is 0 Å². The second kappa shape index (κ2) is 3.89. The Bertz CT molecular complexity index is 389. The molecule has 0 saturated heterocycles. The highest BCUT2D eigenvalue weighted by Crippen LogP contribution is 2.39. The third kappa shape index (κ3) is 1.76. The van der Waals surface area contributed by atoms with Gasteiger partial charge in [-0.05, 0) is 29.9 Å². The molecule has 1 heterocycles. The summed E-state index contributed by atoms with van der Waals surface area (Å²) in [5.41, 5.74) is 2.30. The van der Waals surface area contributed by atoms with Crippen molar-refractivity contribution >= 4 is 22.5 Å². The highest BCUT2D eigenvalue weighted by Gasteiger charge is 2.34. The topological polar surface area (TPSA) is 20.3 Å². The van der Waals surface area contributed by atoms with Gasteiger partial charge in [-0.1, -0.05) is 18.2 Å². The molecule has 0 fully saturated rings. The number of carbonyl (C=O) groups excluding carboxylic acids is 1. The number of hydrogen-bond acceptors (Lipinski definition) is 1. The molecule has 1 unspecified atom stereocenters. The monoisotopic (exact) mass is 223 g/mol. The zero-order chi connectivity index (χ0) is 11.0. The van der Waals surface area contributed by atoms with Gasteiger partial charge in [-0.15, -0.1) is 0 Å². The highest BCUT2D eigenvalue weighted by atomic mass is 32.2. The molecule has 1 aliphatic rings. The summed E-state index contributed by atoms with van der Waals surface area (Å²) >= 11 is 0. The lowest BCUT2D eigenvalue weighted by atomic mass is 10.0. The summed E-state index contributed by atoms with van der Waals surface area (Å²) in [5, 5.41) is 0. The lowest BCUT2D eigenvalue weighted by Gasteiger charge is -2.15. The number of nitrogens with zero attached hydrogens (tertiary/aromatic N) is 1. The number of para-hydroxylation sites is 1. The third-order valence-electron chi connectivity index (χ3n) is 2.85. The number of thiol groups is 1. The molecule has 0 aliphatic carbocycles. The van der Waals surface area contributed by atoms with Crippen molar-refractivity contribution in [3.05, 3.63) is 29.8 Å². The molecule has 1 amide bonds. The SMILES string of the molecule is CN1C(=O)C(C[SH](C)C)c2ccccc21. The largest absolute Gasteiger partial charge is 0.315 e. The number of rotatable bonds is 2. The molecule has 0 radical (unpaired) electrons. The van der Waals surface area contributed by atoms with Crippen molar-refractivity contribution in [2.24, 2.45) is 0 Å². The maximum Gasteiger partial charge on any atom is 0.235 e. The van der Waals surface area contributed by atoms with Crippen LogP contribution in [-0.4, -0.2) is 31.2 Å². The van der Waals surface area contributed by atoms with Crippen molar-refractivity contribution in [3.63, 3.8) is 0 Å². The second-order valence-electron chi connectivity index (χ2n) is 4.27. The first-order valence-electron chi connectivity index (χ1n) is 5.12. The molecule has 2 rings (SSSR count). The maximum absolute atomic E-state index is 12.0. The molecular formula is C12H17NOS. The Morgan fingerprint density at radius 2 is 2.00 bits per heavy atom. The molecule has 1 aliphatic heterocycles. The van der Waals surface area contributed by atoms with Gasteiger partial charge in [0.1, 0.15) is 0 Å². The minimum absolute atomic E-state index is 0.0291. The van der Waals surface area contributed by atoms with Gasteiger partial charge in [0.2, 0.25) is 5.91 Å². The quantitative estimate of drug-likeness (QED) is 0.760. The van der Waals surface area contributed by atoms with Gasteiger partial charge in [-0.3, -0.25) is 15.7 Å². The van der Waals surface area contributed by atoms with E-state index < -0.39 is 0 Å². The van der Waals surface area contributed by atoms with Crippen LogP contribution in [0.15, 0.2) is 24.3 Å². The Morgan fingerprint density at radius 1 is 1.33 bits per heavy atom. The first kappa shape index (κ1) is 10.6. The van der Waals surface area contributed by atoms with Crippen LogP contribution < -0.4 is 4.90 Å². The van der Waals surface area contributed by atoms with E-state index >= 15 is 0 Å². The summed E-state index contributed by atoms with van der Waals surface area (Å²) in [4.78, 5) is 13.8. The van der Waals surface area contributed by atoms with Crippen molar-refractivity contribution in [1.29, 1.82) is 0 Å². The van der Waals surface area contributed by atoms with E-state index in [9.17, 15) is 4.79 Å². The summed E-state index contributed by atoms with van der Waals surface area (Å²) in [5.74, 6) is 1.37. The van der Waals surface area contributed by atoms with Gasteiger partial charge < -0.3 is 4.90 Å². The minimum Gasteiger partial charge on any atom is -0.315 e. The molecular weight excluding hydrogens is 206 g/mol. The molecule has 0 spiro atoms. The average molecular weight is 223 g/mol. The lowest BCUT2D eigenvalue weighted by molar-refractivity contribution is -0.118. The fourth-order valence-electron chi connectivity index (χ4n) is 2.11. The van der Waals surface area contributed by atoms with E-state index in [0.29, 0.717) is 0 Å². The Balaban J connectivity index is 2.38. The second-order valence-corrected chi connectivity index (χ2v) is 6.80. The van der Waals surface area contributed by atoms with Crippen molar-refractivity contribution in [1.82, 2.24) is 0 Å². The molecule has 1 atom stereocenters. The van der Waals surface area contributed by atoms with Gasteiger partial charge in [0.25, 0.3) is 0 Å². The fourth-order valence-corrected chi connectivity index (χ4v) is 3.20. The highest BCUT2D eigenvalue weighted by molar-refractivity contribution is 8.15. The Kier molecular flexibility index (Phi) is 2.74. The molecule has 1 aromatic rings. The van der Waals surface area contributed by atoms with E-state index in [4.69, 9.17) is 0 Å². The number of likely N-dealkylation sites (N-methyl/N-ethyl adjacent to an activating group) is 1. The van der Waals surface area contributed by atoms with Gasteiger partial charge in [-0.2, -0.15) is 0 Å². The predicted octanol–water partition coefficient (Wildman–Crippen LogP) is 2.01. The van der Waals surface area contributed by atoms with E-state index in [-0.39, 0.29) is 22.7 Å². The van der Waals surface area contributed by atoms with Crippen molar-refractivity contribution < 1.29 is 4.79 Å². The van der Waals surface area contributed by atoms with E-state index in [2.05, 4.69) is 18.6 Å². The van der Waals surface area contributed by atoms with Crippen LogP contribution in [0.3, 0.4) is 0 Å². The summed E-state index contributed by atoms with van der Waals surface area (Å²) in [6, 6.07) is 8.12. The molecule has 3 heteroatoms. The van der Waals surface area contributed by atoms with Gasteiger partial charge in [-0.25, -0.2) is 0 Å². The van der Waals surface area contributed by atoms with Gasteiger partial charge in [0, 0.05) is 12.7 Å². The normalized spacial score (nSPS) is 20.5. The number of benzene rings is 1.